The van der Waals surface area contributed by atoms with Crippen molar-refractivity contribution in [3.05, 3.63) is 132 Å². The normalized spacial score (nSPS) is 11.0. The fourth-order valence-electron chi connectivity index (χ4n) is 4.84. The lowest BCUT2D eigenvalue weighted by Gasteiger charge is -2.12. The van der Waals surface area contributed by atoms with Crippen molar-refractivity contribution >= 4 is 55.2 Å². The summed E-state index contributed by atoms with van der Waals surface area (Å²) in [7, 11) is 3.03. The first-order chi connectivity index (χ1) is 21.7. The zero-order valence-corrected chi connectivity index (χ0v) is 25.3. The second kappa shape index (κ2) is 14.1. The highest BCUT2D eigenvalue weighted by Crippen LogP contribution is 2.43. The van der Waals surface area contributed by atoms with E-state index in [2.05, 4.69) is 30.6 Å². The third kappa shape index (κ3) is 6.88. The molecule has 2 heterocycles. The molecule has 0 fully saturated rings. The zero-order valence-electron chi connectivity index (χ0n) is 23.6. The van der Waals surface area contributed by atoms with Crippen molar-refractivity contribution in [2.45, 2.75) is 22.6 Å². The predicted molar refractivity (Wildman–Crippen MR) is 176 cm³/mol. The lowest BCUT2D eigenvalue weighted by Crippen LogP contribution is -2.26. The number of amides is 2. The highest BCUT2D eigenvalue weighted by Gasteiger charge is 2.17. The molecule has 8 nitrogen and oxygen atoms in total. The molecular formula is C34H28N6O2S2. The van der Waals surface area contributed by atoms with Crippen molar-refractivity contribution in [1.82, 2.24) is 30.6 Å². The van der Waals surface area contributed by atoms with Crippen LogP contribution in [-0.2, 0) is 12.8 Å². The third-order valence-corrected chi connectivity index (χ3v) is 9.50. The van der Waals surface area contributed by atoms with E-state index in [1.165, 1.54) is 45.4 Å². The summed E-state index contributed by atoms with van der Waals surface area (Å²) in [5, 5.41) is 7.41. The number of benzene rings is 4. The lowest BCUT2D eigenvalue weighted by atomic mass is 10.1. The quantitative estimate of drug-likeness (QED) is 0.163. The molecule has 0 radical (unpaired) electrons. The van der Waals surface area contributed by atoms with E-state index in [9.17, 15) is 9.59 Å². The number of hydrogen-bond acceptors (Lipinski definition) is 8. The summed E-state index contributed by atoms with van der Waals surface area (Å²) in [6.07, 6.45) is 7.83. The molecule has 0 unspecified atom stereocenters. The van der Waals surface area contributed by atoms with Crippen molar-refractivity contribution in [3.8, 4) is 0 Å². The molecule has 6 aromatic rings. The fourth-order valence-corrected chi connectivity index (χ4v) is 7.10. The van der Waals surface area contributed by atoms with E-state index in [1.54, 1.807) is 12.4 Å². The van der Waals surface area contributed by atoms with Crippen LogP contribution in [0.25, 0.3) is 21.8 Å². The van der Waals surface area contributed by atoms with Crippen LogP contribution >= 0.6 is 21.6 Å². The minimum absolute atomic E-state index is 0.162. The SMILES string of the molecule is O=C(NCCc1ccccc1)c1ccc(SSc2ccc(C(=O)NCCc3ccccc3)c3cncnc23)c2ncncc12. The summed E-state index contributed by atoms with van der Waals surface area (Å²) in [4.78, 5) is 45.3. The largest absolute Gasteiger partial charge is 0.352 e. The topological polar surface area (TPSA) is 110 Å². The van der Waals surface area contributed by atoms with E-state index < -0.39 is 0 Å². The fraction of sp³-hybridized carbons (Fsp3) is 0.118. The van der Waals surface area contributed by atoms with Gasteiger partial charge in [0, 0.05) is 46.0 Å². The summed E-state index contributed by atoms with van der Waals surface area (Å²) >= 11 is 0. The van der Waals surface area contributed by atoms with Gasteiger partial charge in [-0.15, -0.1) is 0 Å². The predicted octanol–water partition coefficient (Wildman–Crippen LogP) is 6.32. The van der Waals surface area contributed by atoms with Gasteiger partial charge in [-0.1, -0.05) is 82.3 Å². The number of fused-ring (bicyclic) bond motifs is 2. The first kappa shape index (κ1) is 29.3. The Morgan fingerprint density at radius 3 is 1.43 bits per heavy atom. The Labute approximate surface area is 262 Å². The number of carbonyl (C=O) groups excluding carboxylic acids is 2. The summed E-state index contributed by atoms with van der Waals surface area (Å²) in [5.41, 5.74) is 4.79. The van der Waals surface area contributed by atoms with E-state index in [0.717, 1.165) is 22.6 Å². The Balaban J connectivity index is 1.16. The molecule has 2 aromatic heterocycles. The molecule has 0 atom stereocenters. The second-order valence-corrected chi connectivity index (χ2v) is 12.2. The van der Waals surface area contributed by atoms with Crippen molar-refractivity contribution < 1.29 is 9.59 Å². The molecule has 0 saturated carbocycles. The molecule has 0 aliphatic rings. The van der Waals surface area contributed by atoms with E-state index in [1.807, 2.05) is 84.9 Å². The van der Waals surface area contributed by atoms with Crippen molar-refractivity contribution in [3.63, 3.8) is 0 Å². The van der Waals surface area contributed by atoms with Crippen LogP contribution in [0.5, 0.6) is 0 Å². The molecule has 2 N–H and O–H groups in total. The molecule has 2 amide bonds. The van der Waals surface area contributed by atoms with Crippen molar-refractivity contribution in [2.75, 3.05) is 13.1 Å². The van der Waals surface area contributed by atoms with Gasteiger partial charge in [0.15, 0.2) is 0 Å². The highest BCUT2D eigenvalue weighted by atomic mass is 33.1. The molecule has 4 aromatic carbocycles. The first-order valence-electron chi connectivity index (χ1n) is 14.1. The Morgan fingerprint density at radius 1 is 0.568 bits per heavy atom. The van der Waals surface area contributed by atoms with Gasteiger partial charge in [0.1, 0.15) is 12.7 Å². The maximum absolute atomic E-state index is 13.1. The van der Waals surface area contributed by atoms with Crippen LogP contribution in [0.1, 0.15) is 31.8 Å². The van der Waals surface area contributed by atoms with Gasteiger partial charge in [-0.25, -0.2) is 19.9 Å². The molecule has 0 aliphatic carbocycles. The molecule has 6 rings (SSSR count). The van der Waals surface area contributed by atoms with Gasteiger partial charge in [-0.3, -0.25) is 9.59 Å². The van der Waals surface area contributed by atoms with Crippen LogP contribution in [-0.4, -0.2) is 44.8 Å². The van der Waals surface area contributed by atoms with E-state index in [4.69, 9.17) is 0 Å². The summed E-state index contributed by atoms with van der Waals surface area (Å²) in [6, 6.07) is 27.5. The average Bonchev–Trinajstić information content (AvgIpc) is 3.08. The Kier molecular flexibility index (Phi) is 9.39. The molecule has 10 heteroatoms. The standard InChI is InChI=1S/C34H28N6O2S2/c41-33(37-17-15-23-7-3-1-4-8-23)25-11-13-29(31-27(25)19-35-21-39-31)43-44-30-14-12-26(28-20-36-22-40-32(28)30)34(42)38-18-16-24-9-5-2-6-10-24/h1-14,19-22H,15-18H2,(H,37,41)(H,38,42). The van der Waals surface area contributed by atoms with Crippen LogP contribution < -0.4 is 10.6 Å². The molecule has 0 aliphatic heterocycles. The average molecular weight is 617 g/mol. The van der Waals surface area contributed by atoms with Crippen LogP contribution in [0.15, 0.2) is 120 Å². The molecule has 0 bridgehead atoms. The van der Waals surface area contributed by atoms with E-state index in [0.29, 0.717) is 46.0 Å². The van der Waals surface area contributed by atoms with E-state index >= 15 is 0 Å². The second-order valence-electron chi connectivity index (χ2n) is 9.94. The summed E-state index contributed by atoms with van der Waals surface area (Å²) < 4.78 is 0. The Morgan fingerprint density at radius 2 is 1.00 bits per heavy atom. The molecule has 44 heavy (non-hydrogen) atoms. The lowest BCUT2D eigenvalue weighted by molar-refractivity contribution is 0.0947. The number of rotatable bonds is 11. The van der Waals surface area contributed by atoms with E-state index in [-0.39, 0.29) is 11.8 Å². The number of nitrogens with one attached hydrogen (secondary N) is 2. The zero-order chi connectivity index (χ0) is 30.1. The van der Waals surface area contributed by atoms with Crippen LogP contribution in [0.4, 0.5) is 0 Å². The molecule has 0 spiro atoms. The molecular weight excluding hydrogens is 589 g/mol. The van der Waals surface area contributed by atoms with Crippen molar-refractivity contribution in [1.29, 1.82) is 0 Å². The number of hydrogen-bond donors (Lipinski definition) is 2. The van der Waals surface area contributed by atoms with Gasteiger partial charge in [0.05, 0.1) is 22.2 Å². The van der Waals surface area contributed by atoms with Crippen molar-refractivity contribution in [2.24, 2.45) is 0 Å². The van der Waals surface area contributed by atoms with Gasteiger partial charge in [-0.2, -0.15) is 0 Å². The Bertz CT molecular complexity index is 1780. The van der Waals surface area contributed by atoms with Gasteiger partial charge in [0.25, 0.3) is 11.8 Å². The summed E-state index contributed by atoms with van der Waals surface area (Å²) in [6.45, 7) is 1.06. The monoisotopic (exact) mass is 616 g/mol. The third-order valence-electron chi connectivity index (χ3n) is 7.07. The number of carbonyl (C=O) groups is 2. The van der Waals surface area contributed by atoms with Gasteiger partial charge in [-0.05, 0) is 48.2 Å². The highest BCUT2D eigenvalue weighted by molar-refractivity contribution is 8.76. The van der Waals surface area contributed by atoms with Crippen LogP contribution in [0.3, 0.4) is 0 Å². The number of aromatic nitrogens is 4. The summed E-state index contributed by atoms with van der Waals surface area (Å²) in [5.74, 6) is -0.324. The Hall–Kier alpha value is -4.80. The molecule has 0 saturated heterocycles. The van der Waals surface area contributed by atoms with Crippen LogP contribution in [0.2, 0.25) is 0 Å². The van der Waals surface area contributed by atoms with Gasteiger partial charge in [0.2, 0.25) is 0 Å². The minimum atomic E-state index is -0.162. The first-order valence-corrected chi connectivity index (χ1v) is 16.3. The smallest absolute Gasteiger partial charge is 0.252 e. The number of nitrogens with zero attached hydrogens (tertiary/aromatic N) is 4. The maximum atomic E-state index is 13.1. The molecule has 218 valence electrons. The van der Waals surface area contributed by atoms with Gasteiger partial charge < -0.3 is 10.6 Å². The van der Waals surface area contributed by atoms with Gasteiger partial charge >= 0.3 is 0 Å². The maximum Gasteiger partial charge on any atom is 0.252 e. The minimum Gasteiger partial charge on any atom is -0.352 e. The van der Waals surface area contributed by atoms with Crippen LogP contribution in [0, 0.1) is 0 Å².